The van der Waals surface area contributed by atoms with Gasteiger partial charge in [0.2, 0.25) is 0 Å². The van der Waals surface area contributed by atoms with Gasteiger partial charge < -0.3 is 4.74 Å². The van der Waals surface area contributed by atoms with Crippen LogP contribution >= 0.6 is 23.1 Å². The molecule has 0 saturated heterocycles. The molecule has 0 aliphatic heterocycles. The molecule has 4 rings (SSSR count). The number of nitrogens with zero attached hydrogens (tertiary/aromatic N) is 2. The number of benzene rings is 2. The molecule has 0 spiro atoms. The van der Waals surface area contributed by atoms with Gasteiger partial charge in [0.05, 0.1) is 23.4 Å². The fraction of sp³-hybridized carbons (Fsp3) is 0.208. The van der Waals surface area contributed by atoms with Gasteiger partial charge in [-0.2, -0.15) is 0 Å². The van der Waals surface area contributed by atoms with Crippen LogP contribution in [0.4, 0.5) is 0 Å². The molecular formula is C24H22N2O3S2. The van der Waals surface area contributed by atoms with Crippen LogP contribution in [0.1, 0.15) is 27.7 Å². The maximum atomic E-state index is 13.5. The van der Waals surface area contributed by atoms with E-state index in [0.717, 1.165) is 16.2 Å². The number of thiophene rings is 1. The Hall–Kier alpha value is -2.90. The van der Waals surface area contributed by atoms with Crippen molar-refractivity contribution in [2.24, 2.45) is 0 Å². The van der Waals surface area contributed by atoms with Crippen LogP contribution in [0.25, 0.3) is 15.9 Å². The molecule has 0 aliphatic rings. The minimum Gasteiger partial charge on any atom is -0.494 e. The molecule has 0 radical (unpaired) electrons. The fourth-order valence-electron chi connectivity index (χ4n) is 3.30. The van der Waals surface area contributed by atoms with Gasteiger partial charge in [-0.15, -0.1) is 11.3 Å². The molecule has 2 heterocycles. The summed E-state index contributed by atoms with van der Waals surface area (Å²) in [6.07, 6.45) is 0. The number of Topliss-reactive ketones (excluding diaryl/α,β-unsaturated/α-hetero) is 1. The highest BCUT2D eigenvalue weighted by Gasteiger charge is 2.19. The number of aryl methyl sites for hydroxylation is 2. The largest absolute Gasteiger partial charge is 0.494 e. The van der Waals surface area contributed by atoms with Gasteiger partial charge in [0.15, 0.2) is 10.9 Å². The van der Waals surface area contributed by atoms with Gasteiger partial charge in [0, 0.05) is 10.4 Å². The van der Waals surface area contributed by atoms with Crippen LogP contribution in [0.2, 0.25) is 0 Å². The Morgan fingerprint density at radius 1 is 1.10 bits per heavy atom. The lowest BCUT2D eigenvalue weighted by Crippen LogP contribution is -2.22. The highest BCUT2D eigenvalue weighted by atomic mass is 32.2. The van der Waals surface area contributed by atoms with Crippen LogP contribution in [-0.4, -0.2) is 27.7 Å². The summed E-state index contributed by atoms with van der Waals surface area (Å²) in [5, 5.41) is 1.14. The summed E-state index contributed by atoms with van der Waals surface area (Å²) >= 11 is 2.79. The Morgan fingerprint density at radius 3 is 2.48 bits per heavy atom. The molecule has 0 bridgehead atoms. The predicted molar refractivity (Wildman–Crippen MR) is 127 cm³/mol. The number of carbonyl (C=O) groups excluding carboxylic acids is 1. The molecule has 2 aromatic carbocycles. The van der Waals surface area contributed by atoms with Crippen LogP contribution in [-0.2, 0) is 0 Å². The molecule has 0 saturated carbocycles. The Bertz CT molecular complexity index is 1290. The maximum absolute atomic E-state index is 13.5. The first-order chi connectivity index (χ1) is 15.0. The second-order valence-electron chi connectivity index (χ2n) is 7.00. The van der Waals surface area contributed by atoms with E-state index in [-0.39, 0.29) is 17.1 Å². The summed E-state index contributed by atoms with van der Waals surface area (Å²) in [6.45, 7) is 6.44. The van der Waals surface area contributed by atoms with E-state index in [1.807, 2.05) is 63.2 Å². The highest BCUT2D eigenvalue weighted by molar-refractivity contribution is 7.99. The number of hydrogen-bond donors (Lipinski definition) is 0. The zero-order chi connectivity index (χ0) is 22.0. The van der Waals surface area contributed by atoms with Crippen molar-refractivity contribution in [3.63, 3.8) is 0 Å². The van der Waals surface area contributed by atoms with Gasteiger partial charge in [-0.1, -0.05) is 42.1 Å². The van der Waals surface area contributed by atoms with Crippen molar-refractivity contribution >= 4 is 39.1 Å². The van der Waals surface area contributed by atoms with Gasteiger partial charge in [0.25, 0.3) is 5.56 Å². The summed E-state index contributed by atoms with van der Waals surface area (Å²) in [5.41, 5.74) is 2.18. The summed E-state index contributed by atoms with van der Waals surface area (Å²) in [7, 11) is 0. The Labute approximate surface area is 188 Å². The number of rotatable bonds is 7. The van der Waals surface area contributed by atoms with Gasteiger partial charge in [-0.3, -0.25) is 14.2 Å². The van der Waals surface area contributed by atoms with Crippen molar-refractivity contribution in [3.05, 3.63) is 81.0 Å². The van der Waals surface area contributed by atoms with E-state index in [9.17, 15) is 9.59 Å². The molecule has 0 atom stereocenters. The quantitative estimate of drug-likeness (QED) is 0.213. The predicted octanol–water partition coefficient (Wildman–Crippen LogP) is 5.44. The van der Waals surface area contributed by atoms with E-state index in [1.165, 1.54) is 23.1 Å². The zero-order valence-corrected chi connectivity index (χ0v) is 19.2. The van der Waals surface area contributed by atoms with Crippen LogP contribution in [0, 0.1) is 13.8 Å². The number of aromatic nitrogens is 2. The molecule has 0 amide bonds. The summed E-state index contributed by atoms with van der Waals surface area (Å²) < 4.78 is 7.12. The minimum absolute atomic E-state index is 0.00303. The third-order valence-electron chi connectivity index (χ3n) is 5.01. The average Bonchev–Trinajstić information content (AvgIpc) is 3.07. The van der Waals surface area contributed by atoms with Crippen molar-refractivity contribution in [1.82, 2.24) is 9.55 Å². The molecule has 0 unspecified atom stereocenters. The first-order valence-electron chi connectivity index (χ1n) is 9.96. The SMILES string of the molecule is CCOc1ccc(-n2c(SCC(=O)c3ccccc3)nc3sc(C)c(C)c3c2=O)cc1. The average molecular weight is 451 g/mol. The van der Waals surface area contributed by atoms with E-state index >= 15 is 0 Å². The molecule has 2 aromatic heterocycles. The van der Waals surface area contributed by atoms with Gasteiger partial charge in [0.1, 0.15) is 10.6 Å². The number of thioether (sulfide) groups is 1. The summed E-state index contributed by atoms with van der Waals surface area (Å²) in [4.78, 5) is 32.7. The van der Waals surface area contributed by atoms with E-state index in [0.29, 0.717) is 33.2 Å². The maximum Gasteiger partial charge on any atom is 0.267 e. The topological polar surface area (TPSA) is 61.2 Å². The number of ether oxygens (including phenoxy) is 1. The highest BCUT2D eigenvalue weighted by Crippen LogP contribution is 2.30. The van der Waals surface area contributed by atoms with Crippen LogP contribution < -0.4 is 10.3 Å². The van der Waals surface area contributed by atoms with Crippen molar-refractivity contribution < 1.29 is 9.53 Å². The smallest absolute Gasteiger partial charge is 0.267 e. The van der Waals surface area contributed by atoms with Gasteiger partial charge >= 0.3 is 0 Å². The van der Waals surface area contributed by atoms with Crippen LogP contribution in [0.5, 0.6) is 5.75 Å². The molecule has 0 aliphatic carbocycles. The van der Waals surface area contributed by atoms with E-state index in [4.69, 9.17) is 9.72 Å². The molecule has 31 heavy (non-hydrogen) atoms. The molecule has 158 valence electrons. The van der Waals surface area contributed by atoms with E-state index in [2.05, 4.69) is 0 Å². The lowest BCUT2D eigenvalue weighted by atomic mass is 10.2. The van der Waals surface area contributed by atoms with Gasteiger partial charge in [-0.05, 0) is 50.6 Å². The Balaban J connectivity index is 1.78. The minimum atomic E-state index is -0.120. The molecule has 0 fully saturated rings. The second kappa shape index (κ2) is 9.08. The van der Waals surface area contributed by atoms with Crippen LogP contribution in [0.3, 0.4) is 0 Å². The Kier molecular flexibility index (Phi) is 6.25. The number of fused-ring (bicyclic) bond motifs is 1. The lowest BCUT2D eigenvalue weighted by Gasteiger charge is -2.13. The number of carbonyl (C=O) groups is 1. The van der Waals surface area contributed by atoms with E-state index in [1.54, 1.807) is 16.7 Å². The molecular weight excluding hydrogens is 428 g/mol. The van der Waals surface area contributed by atoms with Crippen molar-refractivity contribution in [1.29, 1.82) is 0 Å². The van der Waals surface area contributed by atoms with Crippen molar-refractivity contribution in [3.8, 4) is 11.4 Å². The number of hydrogen-bond acceptors (Lipinski definition) is 6. The van der Waals surface area contributed by atoms with Crippen molar-refractivity contribution in [2.45, 2.75) is 25.9 Å². The second-order valence-corrected chi connectivity index (χ2v) is 9.15. The van der Waals surface area contributed by atoms with Crippen LogP contribution in [0.15, 0.2) is 64.5 Å². The first kappa shape index (κ1) is 21.3. The van der Waals surface area contributed by atoms with Crippen molar-refractivity contribution in [2.75, 3.05) is 12.4 Å². The normalized spacial score (nSPS) is 11.1. The monoisotopic (exact) mass is 450 g/mol. The molecule has 7 heteroatoms. The summed E-state index contributed by atoms with van der Waals surface area (Å²) in [5.74, 6) is 0.934. The third-order valence-corrected chi connectivity index (χ3v) is 7.05. The molecule has 4 aromatic rings. The molecule has 0 N–H and O–H groups in total. The fourth-order valence-corrected chi connectivity index (χ4v) is 5.27. The lowest BCUT2D eigenvalue weighted by molar-refractivity contribution is 0.102. The summed E-state index contributed by atoms with van der Waals surface area (Å²) in [6, 6.07) is 16.5. The van der Waals surface area contributed by atoms with Gasteiger partial charge in [-0.25, -0.2) is 4.98 Å². The Morgan fingerprint density at radius 2 is 1.81 bits per heavy atom. The number of ketones is 1. The van der Waals surface area contributed by atoms with E-state index < -0.39 is 0 Å². The third kappa shape index (κ3) is 4.29. The standard InChI is InChI=1S/C24H22N2O3S2/c1-4-29-19-12-10-18(11-13-19)26-23(28)21-15(2)16(3)31-22(21)25-24(26)30-14-20(27)17-8-6-5-7-9-17/h5-13H,4,14H2,1-3H3. The molecule has 5 nitrogen and oxygen atoms in total. The first-order valence-corrected chi connectivity index (χ1v) is 11.8. The zero-order valence-electron chi connectivity index (χ0n) is 17.5.